The Bertz CT molecular complexity index is 749. The fourth-order valence-electron chi connectivity index (χ4n) is 4.75. The molecule has 1 heterocycles. The Kier molecular flexibility index (Phi) is 4.81. The van der Waals surface area contributed by atoms with Gasteiger partial charge < -0.3 is 19.5 Å². The predicted octanol–water partition coefficient (Wildman–Crippen LogP) is 2.96. The average Bonchev–Trinajstić information content (AvgIpc) is 3.24. The van der Waals surface area contributed by atoms with E-state index in [0.717, 1.165) is 25.7 Å². The summed E-state index contributed by atoms with van der Waals surface area (Å²) < 4.78 is 16.1. The number of fused-ring (bicyclic) bond motifs is 2. The van der Waals surface area contributed by atoms with Crippen LogP contribution in [0.2, 0.25) is 0 Å². The maximum atomic E-state index is 12.5. The fraction of sp³-hybridized carbons (Fsp3) is 0.524. The van der Waals surface area contributed by atoms with Gasteiger partial charge in [-0.05, 0) is 42.7 Å². The summed E-state index contributed by atoms with van der Waals surface area (Å²) in [6.45, 7) is 2.11. The highest BCUT2D eigenvalue weighted by atomic mass is 16.7. The van der Waals surface area contributed by atoms with Gasteiger partial charge in [-0.15, -0.1) is 0 Å². The molecule has 4 unspecified atom stereocenters. The van der Waals surface area contributed by atoms with Crippen LogP contribution in [0.5, 0.6) is 0 Å². The number of rotatable bonds is 3. The van der Waals surface area contributed by atoms with Crippen LogP contribution < -0.4 is 5.32 Å². The van der Waals surface area contributed by atoms with Gasteiger partial charge >= 0.3 is 12.1 Å². The Labute approximate surface area is 158 Å². The molecule has 4 atom stereocenters. The van der Waals surface area contributed by atoms with Crippen molar-refractivity contribution in [1.82, 2.24) is 5.32 Å². The average molecular weight is 371 g/mol. The normalized spacial score (nSPS) is 29.2. The molecule has 2 aliphatic carbocycles. The van der Waals surface area contributed by atoms with Crippen molar-refractivity contribution in [2.75, 3.05) is 7.11 Å². The first-order chi connectivity index (χ1) is 13.1. The second-order valence-corrected chi connectivity index (χ2v) is 7.73. The predicted molar refractivity (Wildman–Crippen MR) is 97.6 cm³/mol. The standard InChI is InChI=1S/C21H25NO5/c1-12-7-8-16-17(19(23)25-2)11-26-20(18(12)16)27-21(24)22-15-9-13-5-3-4-6-14(13)10-15/h3-6,11-12,15-16,18,20H,7-10H2,1-2H3,(H,22,24). The summed E-state index contributed by atoms with van der Waals surface area (Å²) in [6, 6.07) is 8.26. The molecule has 6 nitrogen and oxygen atoms in total. The Balaban J connectivity index is 1.40. The van der Waals surface area contributed by atoms with E-state index in [4.69, 9.17) is 14.2 Å². The highest BCUT2D eigenvalue weighted by Crippen LogP contribution is 2.46. The molecule has 1 saturated carbocycles. The highest BCUT2D eigenvalue weighted by Gasteiger charge is 2.48. The van der Waals surface area contributed by atoms with Crippen LogP contribution in [0.3, 0.4) is 0 Å². The van der Waals surface area contributed by atoms with Gasteiger partial charge in [0, 0.05) is 17.9 Å². The van der Waals surface area contributed by atoms with E-state index in [2.05, 4.69) is 24.4 Å². The molecule has 0 saturated heterocycles. The van der Waals surface area contributed by atoms with Crippen LogP contribution in [-0.4, -0.2) is 31.5 Å². The van der Waals surface area contributed by atoms with Crippen molar-refractivity contribution in [3.63, 3.8) is 0 Å². The lowest BCUT2D eigenvalue weighted by atomic mass is 9.83. The van der Waals surface area contributed by atoms with E-state index in [1.807, 2.05) is 12.1 Å². The van der Waals surface area contributed by atoms with Crippen molar-refractivity contribution in [2.24, 2.45) is 17.8 Å². The number of amides is 1. The lowest BCUT2D eigenvalue weighted by Gasteiger charge is -2.34. The smallest absolute Gasteiger partial charge is 0.410 e. The first kappa shape index (κ1) is 17.9. The Morgan fingerprint density at radius 1 is 1.15 bits per heavy atom. The van der Waals surface area contributed by atoms with E-state index in [1.165, 1.54) is 24.5 Å². The van der Waals surface area contributed by atoms with Crippen molar-refractivity contribution in [1.29, 1.82) is 0 Å². The molecule has 144 valence electrons. The second kappa shape index (κ2) is 7.25. The molecule has 4 rings (SSSR count). The van der Waals surface area contributed by atoms with Gasteiger partial charge in [0.25, 0.3) is 0 Å². The van der Waals surface area contributed by atoms with E-state index >= 15 is 0 Å². The first-order valence-electron chi connectivity index (χ1n) is 9.54. The molecule has 6 heteroatoms. The van der Waals surface area contributed by atoms with Gasteiger partial charge in [0.05, 0.1) is 18.9 Å². The highest BCUT2D eigenvalue weighted by molar-refractivity contribution is 5.89. The topological polar surface area (TPSA) is 73.9 Å². The van der Waals surface area contributed by atoms with Gasteiger partial charge in [-0.3, -0.25) is 0 Å². The SMILES string of the molecule is COC(=O)C1=COC(OC(=O)NC2Cc3ccccc3C2)C2C(C)CCC12. The largest absolute Gasteiger partial charge is 0.466 e. The minimum Gasteiger partial charge on any atom is -0.466 e. The minimum atomic E-state index is -0.676. The summed E-state index contributed by atoms with van der Waals surface area (Å²) in [5.41, 5.74) is 3.08. The fourth-order valence-corrected chi connectivity index (χ4v) is 4.75. The van der Waals surface area contributed by atoms with Crippen LogP contribution in [0, 0.1) is 17.8 Å². The van der Waals surface area contributed by atoms with Gasteiger partial charge in [-0.1, -0.05) is 31.2 Å². The summed E-state index contributed by atoms with van der Waals surface area (Å²) >= 11 is 0. The number of carbonyl (C=O) groups is 2. The molecule has 1 fully saturated rings. The van der Waals surface area contributed by atoms with Crippen molar-refractivity contribution < 1.29 is 23.8 Å². The lowest BCUT2D eigenvalue weighted by molar-refractivity contribution is -0.145. The monoisotopic (exact) mass is 371 g/mol. The van der Waals surface area contributed by atoms with Crippen LogP contribution in [0.25, 0.3) is 0 Å². The van der Waals surface area contributed by atoms with Gasteiger partial charge in [0.1, 0.15) is 0 Å². The first-order valence-corrected chi connectivity index (χ1v) is 9.54. The number of benzene rings is 1. The van der Waals surface area contributed by atoms with Crippen molar-refractivity contribution in [3.8, 4) is 0 Å². The molecule has 3 aliphatic rings. The molecule has 0 spiro atoms. The lowest BCUT2D eigenvalue weighted by Crippen LogP contribution is -2.43. The van der Waals surface area contributed by atoms with E-state index in [-0.39, 0.29) is 23.8 Å². The minimum absolute atomic E-state index is 0.00901. The summed E-state index contributed by atoms with van der Waals surface area (Å²) in [5.74, 6) is -0.0898. The third-order valence-corrected chi connectivity index (χ3v) is 6.11. The molecule has 0 radical (unpaired) electrons. The van der Waals surface area contributed by atoms with Crippen LogP contribution >= 0.6 is 0 Å². The van der Waals surface area contributed by atoms with Crippen LogP contribution in [0.4, 0.5) is 4.79 Å². The summed E-state index contributed by atoms with van der Waals surface area (Å²) in [7, 11) is 1.37. The van der Waals surface area contributed by atoms with E-state index in [1.54, 1.807) is 0 Å². The zero-order valence-electron chi connectivity index (χ0n) is 15.6. The maximum absolute atomic E-state index is 12.5. The third-order valence-electron chi connectivity index (χ3n) is 6.11. The summed E-state index contributed by atoms with van der Waals surface area (Å²) in [5, 5.41) is 2.96. The third kappa shape index (κ3) is 3.40. The van der Waals surface area contributed by atoms with Crippen LogP contribution in [-0.2, 0) is 31.8 Å². The molecule has 1 aromatic rings. The molecular formula is C21H25NO5. The second-order valence-electron chi connectivity index (χ2n) is 7.73. The Morgan fingerprint density at radius 2 is 1.85 bits per heavy atom. The maximum Gasteiger partial charge on any atom is 0.410 e. The Hall–Kier alpha value is -2.50. The molecular weight excluding hydrogens is 346 g/mol. The van der Waals surface area contributed by atoms with Gasteiger partial charge in [0.15, 0.2) is 0 Å². The number of nitrogens with one attached hydrogen (secondary N) is 1. The van der Waals surface area contributed by atoms with Crippen molar-refractivity contribution in [3.05, 3.63) is 47.2 Å². The van der Waals surface area contributed by atoms with Gasteiger partial charge in [-0.25, -0.2) is 9.59 Å². The van der Waals surface area contributed by atoms with Gasteiger partial charge in [0.2, 0.25) is 6.29 Å². The van der Waals surface area contributed by atoms with Crippen molar-refractivity contribution in [2.45, 2.75) is 44.9 Å². The number of esters is 1. The summed E-state index contributed by atoms with van der Waals surface area (Å²) in [6.07, 6.45) is 3.73. The summed E-state index contributed by atoms with van der Waals surface area (Å²) in [4.78, 5) is 24.5. The molecule has 1 aromatic carbocycles. The van der Waals surface area contributed by atoms with Gasteiger partial charge in [-0.2, -0.15) is 0 Å². The van der Waals surface area contributed by atoms with E-state index < -0.39 is 12.4 Å². The number of ether oxygens (including phenoxy) is 3. The number of alkyl carbamates (subject to hydrolysis) is 1. The number of hydrogen-bond acceptors (Lipinski definition) is 5. The number of hydrogen-bond donors (Lipinski definition) is 1. The van der Waals surface area contributed by atoms with Crippen LogP contribution in [0.15, 0.2) is 36.1 Å². The molecule has 1 amide bonds. The molecule has 1 aliphatic heterocycles. The Morgan fingerprint density at radius 3 is 2.52 bits per heavy atom. The number of methoxy groups -OCH3 is 1. The van der Waals surface area contributed by atoms with Crippen molar-refractivity contribution >= 4 is 12.1 Å². The molecule has 0 bridgehead atoms. The van der Waals surface area contributed by atoms with E-state index in [9.17, 15) is 9.59 Å². The molecule has 27 heavy (non-hydrogen) atoms. The van der Waals surface area contributed by atoms with Crippen LogP contribution in [0.1, 0.15) is 30.9 Å². The zero-order chi connectivity index (χ0) is 19.0. The molecule has 1 N–H and O–H groups in total. The number of carbonyl (C=O) groups excluding carboxylic acids is 2. The molecule has 0 aromatic heterocycles. The zero-order valence-corrected chi connectivity index (χ0v) is 15.6. The quantitative estimate of drug-likeness (QED) is 0.827. The van der Waals surface area contributed by atoms with E-state index in [0.29, 0.717) is 11.5 Å².